The maximum Gasteiger partial charge on any atom is 0.346 e. The lowest BCUT2D eigenvalue weighted by Crippen LogP contribution is -2.62. The second-order valence-corrected chi connectivity index (χ2v) is 6.85. The van der Waals surface area contributed by atoms with Crippen molar-refractivity contribution in [1.82, 2.24) is 4.90 Å². The average Bonchev–Trinajstić information content (AvgIpc) is 2.79. The second kappa shape index (κ2) is 11.4. The van der Waals surface area contributed by atoms with Crippen molar-refractivity contribution in [3.63, 3.8) is 0 Å². The van der Waals surface area contributed by atoms with Gasteiger partial charge in [-0.05, 0) is 6.92 Å². The molecule has 0 spiro atoms. The quantitative estimate of drug-likeness (QED) is 0.530. The van der Waals surface area contributed by atoms with Crippen LogP contribution in [0.2, 0.25) is 0 Å². The van der Waals surface area contributed by atoms with E-state index in [4.69, 9.17) is 25.1 Å². The van der Waals surface area contributed by atoms with Crippen molar-refractivity contribution in [2.75, 3.05) is 32.9 Å². The van der Waals surface area contributed by atoms with E-state index in [0.717, 1.165) is 6.92 Å². The number of hydrogen-bond donors (Lipinski definition) is 2. The van der Waals surface area contributed by atoms with Crippen LogP contribution in [0.4, 0.5) is 0 Å². The molecule has 0 aliphatic carbocycles. The minimum atomic E-state index is -1.55. The van der Waals surface area contributed by atoms with Crippen molar-refractivity contribution >= 4 is 17.7 Å². The van der Waals surface area contributed by atoms with Crippen molar-refractivity contribution in [2.45, 2.75) is 19.5 Å². The molecule has 0 bridgehead atoms. The van der Waals surface area contributed by atoms with E-state index in [1.54, 1.807) is 55.5 Å². The van der Waals surface area contributed by atoms with Crippen molar-refractivity contribution in [2.24, 2.45) is 5.73 Å². The first-order valence-corrected chi connectivity index (χ1v) is 10.00. The molecule has 1 saturated heterocycles. The minimum absolute atomic E-state index is 0.182. The smallest absolute Gasteiger partial charge is 0.346 e. The van der Waals surface area contributed by atoms with E-state index in [9.17, 15) is 9.59 Å². The van der Waals surface area contributed by atoms with Gasteiger partial charge in [-0.3, -0.25) is 20.2 Å². The third kappa shape index (κ3) is 5.97. The molecule has 0 radical (unpaired) electrons. The highest BCUT2D eigenvalue weighted by Crippen LogP contribution is 2.30. The lowest BCUT2D eigenvalue weighted by Gasteiger charge is -2.41. The number of hydrogen-bond acceptors (Lipinski definition) is 7. The first-order chi connectivity index (χ1) is 14.8. The van der Waals surface area contributed by atoms with Crippen LogP contribution in [0.25, 0.3) is 0 Å². The molecule has 1 aliphatic heterocycles. The molecule has 1 heterocycles. The zero-order valence-electron chi connectivity index (χ0n) is 17.7. The van der Waals surface area contributed by atoms with Crippen LogP contribution in [0.1, 0.15) is 35.3 Å². The number of ether oxygens (including phenoxy) is 2. The molecule has 0 saturated carbocycles. The number of morpholine rings is 1. The number of rotatable bonds is 6. The fourth-order valence-corrected chi connectivity index (χ4v) is 3.33. The molecule has 1 unspecified atom stereocenters. The van der Waals surface area contributed by atoms with Crippen molar-refractivity contribution in [3.8, 4) is 0 Å². The van der Waals surface area contributed by atoms with Crippen LogP contribution >= 0.6 is 0 Å². The third-order valence-electron chi connectivity index (χ3n) is 4.71. The highest BCUT2D eigenvalue weighted by Gasteiger charge is 2.46. The van der Waals surface area contributed by atoms with Crippen LogP contribution < -0.4 is 5.73 Å². The number of nitrogens with zero attached hydrogens (tertiary/aromatic N) is 1. The molecule has 2 aromatic rings. The lowest BCUT2D eigenvalue weighted by molar-refractivity contribution is -0.162. The number of carboxylic acid groups (broad SMARTS) is 1. The maximum absolute atomic E-state index is 13.1. The minimum Gasteiger partial charge on any atom is -0.481 e. The Morgan fingerprint density at radius 1 is 1.06 bits per heavy atom. The third-order valence-corrected chi connectivity index (χ3v) is 4.71. The van der Waals surface area contributed by atoms with E-state index >= 15 is 0 Å². The fourth-order valence-electron chi connectivity index (χ4n) is 3.33. The molecule has 0 aromatic heterocycles. The first-order valence-electron chi connectivity index (χ1n) is 10.00. The van der Waals surface area contributed by atoms with E-state index in [1.807, 2.05) is 11.0 Å². The molecular weight excluding hydrogens is 400 g/mol. The summed E-state index contributed by atoms with van der Waals surface area (Å²) < 4.78 is 10.7. The summed E-state index contributed by atoms with van der Waals surface area (Å²) >= 11 is 0. The summed E-state index contributed by atoms with van der Waals surface area (Å²) in [5.41, 5.74) is 6.51. The lowest BCUT2D eigenvalue weighted by atomic mass is 9.89. The van der Waals surface area contributed by atoms with Gasteiger partial charge in [0.05, 0.1) is 19.8 Å². The number of ketones is 1. The predicted octanol–water partition coefficient (Wildman–Crippen LogP) is 2.02. The predicted molar refractivity (Wildman–Crippen MR) is 115 cm³/mol. The SMILES string of the molecule is CC(=O)O.CCOC(=O)C(N)(c1ccccc1C(=O)c1ccccc1)N1CCOCC1. The van der Waals surface area contributed by atoms with Gasteiger partial charge in [0, 0.05) is 36.7 Å². The summed E-state index contributed by atoms with van der Waals surface area (Å²) in [7, 11) is 0. The summed E-state index contributed by atoms with van der Waals surface area (Å²) in [5.74, 6) is -1.58. The van der Waals surface area contributed by atoms with Crippen LogP contribution in [0.5, 0.6) is 0 Å². The molecule has 3 rings (SSSR count). The van der Waals surface area contributed by atoms with Gasteiger partial charge in [-0.2, -0.15) is 0 Å². The summed E-state index contributed by atoms with van der Waals surface area (Å²) in [6.07, 6.45) is 0. The topological polar surface area (TPSA) is 119 Å². The van der Waals surface area contributed by atoms with Crippen molar-refractivity contribution < 1.29 is 29.0 Å². The molecule has 1 atom stereocenters. The summed E-state index contributed by atoms with van der Waals surface area (Å²) in [6.45, 7) is 4.91. The van der Waals surface area contributed by atoms with E-state index in [0.29, 0.717) is 43.0 Å². The van der Waals surface area contributed by atoms with Crippen molar-refractivity contribution in [1.29, 1.82) is 0 Å². The van der Waals surface area contributed by atoms with Crippen LogP contribution in [0, 0.1) is 0 Å². The van der Waals surface area contributed by atoms with Crippen LogP contribution in [0.3, 0.4) is 0 Å². The molecule has 8 heteroatoms. The summed E-state index contributed by atoms with van der Waals surface area (Å²) in [6, 6.07) is 15.9. The molecule has 2 aromatic carbocycles. The van der Waals surface area contributed by atoms with Gasteiger partial charge >= 0.3 is 5.97 Å². The Bertz CT molecular complexity index is 892. The van der Waals surface area contributed by atoms with Gasteiger partial charge in [0.2, 0.25) is 0 Å². The number of carboxylic acids is 1. The number of benzene rings is 2. The molecule has 166 valence electrons. The highest BCUT2D eigenvalue weighted by atomic mass is 16.5. The van der Waals surface area contributed by atoms with Crippen LogP contribution in [-0.2, 0) is 24.7 Å². The average molecular weight is 428 g/mol. The standard InChI is InChI=1S/C21H24N2O4.C2H4O2/c1-2-27-20(25)21(22,23-12-14-26-15-13-23)18-11-7-6-10-17(18)19(24)16-8-4-3-5-9-16;1-2(3)4/h3-11H,2,12-15,22H2,1H3;1H3,(H,3,4). The zero-order chi connectivity index (χ0) is 22.9. The Balaban J connectivity index is 0.000000785. The van der Waals surface area contributed by atoms with E-state index in [2.05, 4.69) is 0 Å². The molecule has 1 aliphatic rings. The van der Waals surface area contributed by atoms with E-state index in [1.165, 1.54) is 0 Å². The number of nitrogens with two attached hydrogens (primary N) is 1. The van der Waals surface area contributed by atoms with Gasteiger partial charge in [0.1, 0.15) is 0 Å². The number of esters is 1. The molecule has 1 fully saturated rings. The summed E-state index contributed by atoms with van der Waals surface area (Å²) in [5, 5.41) is 7.42. The van der Waals surface area contributed by atoms with Gasteiger partial charge < -0.3 is 14.6 Å². The second-order valence-electron chi connectivity index (χ2n) is 6.85. The van der Waals surface area contributed by atoms with Gasteiger partial charge in [-0.1, -0.05) is 54.6 Å². The Morgan fingerprint density at radius 2 is 1.61 bits per heavy atom. The normalized spacial score (nSPS) is 15.7. The Kier molecular flexibility index (Phi) is 8.87. The largest absolute Gasteiger partial charge is 0.481 e. The molecule has 0 amide bonds. The fraction of sp³-hybridized carbons (Fsp3) is 0.348. The van der Waals surface area contributed by atoms with Gasteiger partial charge in [0.25, 0.3) is 5.97 Å². The Morgan fingerprint density at radius 3 is 2.19 bits per heavy atom. The van der Waals surface area contributed by atoms with Gasteiger partial charge in [-0.25, -0.2) is 4.79 Å². The maximum atomic E-state index is 13.1. The zero-order valence-corrected chi connectivity index (χ0v) is 17.7. The molecule has 3 N–H and O–H groups in total. The first kappa shape index (κ1) is 24.2. The number of carbonyl (C=O) groups is 3. The Labute approximate surface area is 181 Å². The summed E-state index contributed by atoms with van der Waals surface area (Å²) in [4.78, 5) is 36.9. The van der Waals surface area contributed by atoms with E-state index in [-0.39, 0.29) is 12.4 Å². The molecule has 8 nitrogen and oxygen atoms in total. The highest BCUT2D eigenvalue weighted by molar-refractivity contribution is 6.10. The number of carbonyl (C=O) groups excluding carboxylic acids is 2. The van der Waals surface area contributed by atoms with Crippen molar-refractivity contribution in [3.05, 3.63) is 71.3 Å². The molecule has 31 heavy (non-hydrogen) atoms. The van der Waals surface area contributed by atoms with Crippen LogP contribution in [0.15, 0.2) is 54.6 Å². The van der Waals surface area contributed by atoms with E-state index < -0.39 is 17.6 Å². The Hall–Kier alpha value is -3.07. The number of aliphatic carboxylic acids is 1. The van der Waals surface area contributed by atoms with Gasteiger partial charge in [-0.15, -0.1) is 0 Å². The molecular formula is C23H28N2O6. The van der Waals surface area contributed by atoms with Gasteiger partial charge in [0.15, 0.2) is 11.4 Å². The van der Waals surface area contributed by atoms with Crippen LogP contribution in [-0.4, -0.2) is 60.6 Å². The monoisotopic (exact) mass is 428 g/mol.